The molecule has 0 rings (SSSR count). The number of rotatable bonds is 2. The van der Waals surface area contributed by atoms with E-state index in [9.17, 15) is 24.2 Å². The molecule has 0 aromatic heterocycles. The van der Waals surface area contributed by atoms with E-state index in [2.05, 4.69) is 9.31 Å². The molecule has 9 nitrogen and oxygen atoms in total. The van der Waals surface area contributed by atoms with Gasteiger partial charge in [-0.25, -0.2) is 19.2 Å². The van der Waals surface area contributed by atoms with Gasteiger partial charge >= 0.3 is 60.8 Å². The predicted molar refractivity (Wildman–Crippen MR) is 33.2 cm³/mol. The number of carbonyl (C=O) groups excluding carboxylic acids is 2. The number of carbonyl (C=O) groups is 4. The van der Waals surface area contributed by atoms with Gasteiger partial charge in [-0.05, 0) is 0 Å². The van der Waals surface area contributed by atoms with E-state index in [-0.39, 0.29) is 29.6 Å². The maximum absolute atomic E-state index is 10.3. The van der Waals surface area contributed by atoms with Crippen molar-refractivity contribution in [3.05, 3.63) is 0 Å². The van der Waals surface area contributed by atoms with Crippen molar-refractivity contribution in [3.63, 3.8) is 0 Å². The molecule has 0 aliphatic heterocycles. The van der Waals surface area contributed by atoms with Crippen molar-refractivity contribution in [1.82, 2.24) is 0 Å². The molecule has 0 saturated heterocycles. The van der Waals surface area contributed by atoms with E-state index in [1.807, 2.05) is 0 Å². The average molecular weight is 228 g/mol. The molecule has 0 spiro atoms. The molecule has 0 aliphatic carbocycles. The predicted octanol–water partition coefficient (Wildman–Crippen LogP) is -6.41. The Morgan fingerprint density at radius 3 is 1.40 bits per heavy atom. The Labute approximate surface area is 104 Å². The van der Waals surface area contributed by atoms with E-state index in [0.717, 1.165) is 0 Å². The zero-order valence-corrected chi connectivity index (χ0v) is 9.33. The van der Waals surface area contributed by atoms with Crippen molar-refractivity contribution in [2.75, 3.05) is 0 Å². The molecular formula is C4H2BNaO9. The Bertz CT molecular complexity index is 260. The molecule has 2 N–H and O–H groups in total. The van der Waals surface area contributed by atoms with Gasteiger partial charge in [-0.3, -0.25) is 0 Å². The number of carboxylic acid groups (broad SMARTS) is 2. The minimum Gasteiger partial charge on any atom is -0.808 e. The van der Waals surface area contributed by atoms with Gasteiger partial charge in [0.25, 0.3) is 0 Å². The SMILES string of the molecule is O=C(O)C(=O)OB([O-])OC(=O)C(=O)O.[Na+]. The summed E-state index contributed by atoms with van der Waals surface area (Å²) in [7, 11) is -2.82. The molecular weight excluding hydrogens is 226 g/mol. The maximum atomic E-state index is 10.3. The van der Waals surface area contributed by atoms with Crippen LogP contribution in [0.5, 0.6) is 0 Å². The Morgan fingerprint density at radius 1 is 0.933 bits per heavy atom. The molecule has 15 heavy (non-hydrogen) atoms. The molecule has 0 amide bonds. The number of hydrogen-bond acceptors (Lipinski definition) is 7. The largest absolute Gasteiger partial charge is 1.00 e. The van der Waals surface area contributed by atoms with Crippen molar-refractivity contribution in [2.24, 2.45) is 0 Å². The zero-order chi connectivity index (χ0) is 11.3. The first-order valence-corrected chi connectivity index (χ1v) is 2.88. The van der Waals surface area contributed by atoms with Crippen LogP contribution < -0.4 is 34.6 Å². The van der Waals surface area contributed by atoms with Crippen LogP contribution in [-0.4, -0.2) is 41.4 Å². The smallest absolute Gasteiger partial charge is 0.808 e. The summed E-state index contributed by atoms with van der Waals surface area (Å²) in [6.07, 6.45) is 0. The van der Waals surface area contributed by atoms with Gasteiger partial charge in [0.15, 0.2) is 0 Å². The molecule has 0 aliphatic rings. The molecule has 0 heterocycles. The average Bonchev–Trinajstić information content (AvgIpc) is 2.03. The van der Waals surface area contributed by atoms with Gasteiger partial charge in [-0.2, -0.15) is 0 Å². The summed E-state index contributed by atoms with van der Waals surface area (Å²) >= 11 is 0. The fraction of sp³-hybridized carbons (Fsp3) is 0. The summed E-state index contributed by atoms with van der Waals surface area (Å²) in [6, 6.07) is 0. The second kappa shape index (κ2) is 7.23. The van der Waals surface area contributed by atoms with Crippen molar-refractivity contribution in [2.45, 2.75) is 0 Å². The van der Waals surface area contributed by atoms with Crippen molar-refractivity contribution in [1.29, 1.82) is 0 Å². The molecule has 0 unspecified atom stereocenters. The van der Waals surface area contributed by atoms with Crippen LogP contribution in [0, 0.1) is 0 Å². The molecule has 0 aromatic carbocycles. The van der Waals surface area contributed by atoms with Crippen LogP contribution in [0.4, 0.5) is 0 Å². The Hall–Kier alpha value is -1.10. The number of carboxylic acids is 2. The Balaban J connectivity index is 0. The van der Waals surface area contributed by atoms with Crippen LogP contribution in [-0.2, 0) is 28.5 Å². The standard InChI is InChI=1S/C4H2BO9.Na/c6-1(7)3(10)13-5(12)14-4(11)2(8)9;/h(H,6,7)(H,8,9);/q-1;+1. The topological polar surface area (TPSA) is 150 Å². The third kappa shape index (κ3) is 6.91. The summed E-state index contributed by atoms with van der Waals surface area (Å²) < 4.78 is 6.86. The van der Waals surface area contributed by atoms with Crippen LogP contribution in [0.3, 0.4) is 0 Å². The molecule has 0 bridgehead atoms. The van der Waals surface area contributed by atoms with Crippen molar-refractivity contribution >= 4 is 31.2 Å². The van der Waals surface area contributed by atoms with Gasteiger partial charge in [0.2, 0.25) is 0 Å². The summed E-state index contributed by atoms with van der Waals surface area (Å²) in [5.41, 5.74) is 0. The van der Waals surface area contributed by atoms with Gasteiger partial charge in [0.05, 0.1) is 0 Å². The fourth-order valence-corrected chi connectivity index (χ4v) is 0.300. The molecule has 11 heteroatoms. The second-order valence-electron chi connectivity index (χ2n) is 1.71. The van der Waals surface area contributed by atoms with Crippen molar-refractivity contribution < 1.29 is 73.3 Å². The summed E-state index contributed by atoms with van der Waals surface area (Å²) in [5.74, 6) is -8.05. The van der Waals surface area contributed by atoms with Crippen LogP contribution in [0.25, 0.3) is 0 Å². The molecule has 76 valence electrons. The van der Waals surface area contributed by atoms with E-state index in [1.54, 1.807) is 0 Å². The molecule has 0 aromatic rings. The van der Waals surface area contributed by atoms with Crippen LogP contribution in [0.15, 0.2) is 0 Å². The number of aliphatic carboxylic acids is 2. The van der Waals surface area contributed by atoms with Crippen LogP contribution >= 0.6 is 0 Å². The van der Waals surface area contributed by atoms with Crippen LogP contribution in [0.2, 0.25) is 0 Å². The monoisotopic (exact) mass is 228 g/mol. The normalized spacial score (nSPS) is 8.07. The van der Waals surface area contributed by atoms with Crippen LogP contribution in [0.1, 0.15) is 0 Å². The van der Waals surface area contributed by atoms with Gasteiger partial charge < -0.3 is 24.5 Å². The fourth-order valence-electron chi connectivity index (χ4n) is 0.300. The summed E-state index contributed by atoms with van der Waals surface area (Å²) in [4.78, 5) is 39.9. The number of hydrogen-bond donors (Lipinski definition) is 2. The maximum Gasteiger partial charge on any atom is 1.00 e. The minimum absolute atomic E-state index is 0. The third-order valence-electron chi connectivity index (χ3n) is 0.756. The molecule has 0 radical (unpaired) electrons. The van der Waals surface area contributed by atoms with Crippen molar-refractivity contribution in [3.8, 4) is 0 Å². The summed E-state index contributed by atoms with van der Waals surface area (Å²) in [5, 5.41) is 26.2. The minimum atomic E-state index is -2.82. The third-order valence-corrected chi connectivity index (χ3v) is 0.756. The van der Waals surface area contributed by atoms with E-state index >= 15 is 0 Å². The molecule has 0 saturated carbocycles. The molecule has 0 fully saturated rings. The van der Waals surface area contributed by atoms with Gasteiger partial charge in [-0.15, -0.1) is 0 Å². The van der Waals surface area contributed by atoms with E-state index < -0.39 is 31.2 Å². The first-order chi connectivity index (χ1) is 6.34. The van der Waals surface area contributed by atoms with Gasteiger partial charge in [0, 0.05) is 0 Å². The quantitative estimate of drug-likeness (QED) is 0.347. The van der Waals surface area contributed by atoms with E-state index in [4.69, 9.17) is 10.2 Å². The summed E-state index contributed by atoms with van der Waals surface area (Å²) in [6.45, 7) is 0. The second-order valence-corrected chi connectivity index (χ2v) is 1.71. The van der Waals surface area contributed by atoms with Gasteiger partial charge in [-0.1, -0.05) is 0 Å². The first-order valence-electron chi connectivity index (χ1n) is 2.88. The Morgan fingerprint density at radius 2 is 1.20 bits per heavy atom. The Kier molecular flexibility index (Phi) is 7.88. The zero-order valence-electron chi connectivity index (χ0n) is 7.33. The van der Waals surface area contributed by atoms with Gasteiger partial charge in [0.1, 0.15) is 0 Å². The van der Waals surface area contributed by atoms with E-state index in [1.165, 1.54) is 0 Å². The molecule has 0 atom stereocenters. The van der Waals surface area contributed by atoms with E-state index in [0.29, 0.717) is 0 Å². The first kappa shape index (κ1) is 16.3.